The van der Waals surface area contributed by atoms with E-state index >= 15 is 0 Å². The van der Waals surface area contributed by atoms with Gasteiger partial charge in [-0.05, 0) is 18.2 Å². The Hall–Kier alpha value is -4.29. The first-order chi connectivity index (χ1) is 22.7. The number of alkyl halides is 5. The number of piperidine rings is 1. The first kappa shape index (κ1) is 32.3. The van der Waals surface area contributed by atoms with Gasteiger partial charge in [-0.2, -0.15) is 18.3 Å². The quantitative estimate of drug-likeness (QED) is 0.197. The van der Waals surface area contributed by atoms with Gasteiger partial charge in [0.1, 0.15) is 6.04 Å². The topological polar surface area (TPSA) is 169 Å². The molecule has 6 atom stereocenters. The van der Waals surface area contributed by atoms with Crippen LogP contribution in [0.1, 0.15) is 50.4 Å². The maximum absolute atomic E-state index is 13.5. The molecule has 7 rings (SSSR count). The van der Waals surface area contributed by atoms with Crippen molar-refractivity contribution in [2.24, 2.45) is 11.8 Å². The number of H-pyrrole nitrogens is 1. The first-order valence-corrected chi connectivity index (χ1v) is 15.5. The third-order valence-electron chi connectivity index (χ3n) is 9.15. The van der Waals surface area contributed by atoms with Crippen LogP contribution in [0.2, 0.25) is 5.02 Å². The van der Waals surface area contributed by atoms with Crippen molar-refractivity contribution in [2.45, 2.75) is 49.2 Å². The summed E-state index contributed by atoms with van der Waals surface area (Å²) in [7, 11) is 0. The molecule has 2 aromatic heterocycles. The third-order valence-corrected chi connectivity index (χ3v) is 9.47. The van der Waals surface area contributed by atoms with Crippen molar-refractivity contribution in [1.82, 2.24) is 40.6 Å². The van der Waals surface area contributed by atoms with Crippen LogP contribution in [0.15, 0.2) is 30.6 Å². The molecule has 1 unspecified atom stereocenters. The number of anilines is 1. The highest BCUT2D eigenvalue weighted by Gasteiger charge is 2.60. The number of aromatic nitrogens is 4. The number of fused-ring (bicyclic) bond motifs is 1. The number of aromatic amines is 1. The lowest BCUT2D eigenvalue weighted by Gasteiger charge is -2.24. The van der Waals surface area contributed by atoms with Crippen LogP contribution in [0.3, 0.4) is 0 Å². The lowest BCUT2D eigenvalue weighted by molar-refractivity contribution is -0.142. The monoisotopic (exact) mass is 697 g/mol. The Bertz CT molecular complexity index is 1770. The van der Waals surface area contributed by atoms with E-state index in [-0.39, 0.29) is 69.7 Å². The van der Waals surface area contributed by atoms with Gasteiger partial charge in [-0.1, -0.05) is 11.6 Å². The number of nitrogens with zero attached hydrogens (tertiary/aromatic N) is 4. The fraction of sp³-hybridized carbons (Fsp3) is 0.483. The number of amides is 4. The van der Waals surface area contributed by atoms with E-state index in [1.807, 2.05) is 0 Å². The predicted molar refractivity (Wildman–Crippen MR) is 158 cm³/mol. The van der Waals surface area contributed by atoms with Crippen LogP contribution in [-0.4, -0.2) is 97.9 Å². The Balaban J connectivity index is 0.920. The zero-order chi connectivity index (χ0) is 34.1. The smallest absolute Gasteiger partial charge is 0.390 e. The van der Waals surface area contributed by atoms with E-state index in [0.717, 1.165) is 12.4 Å². The number of β-amino-alcohol motifs (C(OH)–C–C–N with tert-alkyl or cyclic N) is 1. The minimum atomic E-state index is -4.87. The lowest BCUT2D eigenvalue weighted by Crippen LogP contribution is -2.49. The van der Waals surface area contributed by atoms with Gasteiger partial charge in [0.15, 0.2) is 11.5 Å². The van der Waals surface area contributed by atoms with Gasteiger partial charge in [0.2, 0.25) is 0 Å². The van der Waals surface area contributed by atoms with Crippen molar-refractivity contribution in [3.8, 4) is 0 Å². The van der Waals surface area contributed by atoms with E-state index in [1.54, 1.807) is 4.90 Å². The number of nitrogens with one attached hydrogen (secondary N) is 5. The Morgan fingerprint density at radius 1 is 1.10 bits per heavy atom. The number of hydrogen-bond acceptors (Lipinski definition) is 7. The van der Waals surface area contributed by atoms with E-state index in [9.17, 15) is 41.4 Å². The minimum Gasteiger partial charge on any atom is -0.390 e. The molecule has 48 heavy (non-hydrogen) atoms. The average molecular weight is 698 g/mol. The number of urea groups is 1. The largest absolute Gasteiger partial charge is 0.435 e. The molecular formula is C29H29ClF5N9O4. The van der Waals surface area contributed by atoms with E-state index in [1.165, 1.54) is 18.2 Å². The maximum atomic E-state index is 13.5. The molecule has 2 aliphatic carbocycles. The van der Waals surface area contributed by atoms with Crippen LogP contribution >= 0.6 is 11.6 Å². The fourth-order valence-electron chi connectivity index (χ4n) is 6.38. The summed E-state index contributed by atoms with van der Waals surface area (Å²) in [6, 6.07) is 2.09. The fourth-order valence-corrected chi connectivity index (χ4v) is 6.64. The number of carbonyl (C=O) groups is 3. The predicted octanol–water partition coefficient (Wildman–Crippen LogP) is 2.40. The highest BCUT2D eigenvalue weighted by molar-refractivity contribution is 6.34. The van der Waals surface area contributed by atoms with Crippen LogP contribution in [0, 0.1) is 11.8 Å². The Morgan fingerprint density at radius 2 is 1.83 bits per heavy atom. The van der Waals surface area contributed by atoms with Crippen molar-refractivity contribution in [2.75, 3.05) is 31.5 Å². The molecule has 1 aromatic carbocycles. The van der Waals surface area contributed by atoms with Crippen molar-refractivity contribution in [3.63, 3.8) is 0 Å². The molecule has 3 aromatic rings. The number of aliphatic hydroxyl groups excluding tert-OH is 1. The zero-order valence-corrected chi connectivity index (χ0v) is 25.6. The standard InChI is InChI=1S/C29H29ClF5N9O4/c30-18-4-13(1-2-15(18)25(46)41-22-16-10-43(11-17(16)22)27(48)40-19-7-36-8-20(19)45)39-26(47)24-37-6-14(38-24)3-12-9-44(21-5-28(21,31)32)42-23(12)29(33,34)35/h1-2,4,6,9,16-17,19-22,36,45H,3,5,7-8,10-11H2,(H,37,38)(H,39,47)(H,40,48)(H,41,46)/t16-,17+,19-,20-,21-,22?/m0/s1. The summed E-state index contributed by atoms with van der Waals surface area (Å²) < 4.78 is 68.1. The number of aliphatic hydroxyl groups is 1. The van der Waals surface area contributed by atoms with E-state index in [2.05, 4.69) is 36.3 Å². The summed E-state index contributed by atoms with van der Waals surface area (Å²) in [6.07, 6.45) is -4.40. The molecule has 4 fully saturated rings. The van der Waals surface area contributed by atoms with Gasteiger partial charge in [-0.15, -0.1) is 0 Å². The highest BCUT2D eigenvalue weighted by atomic mass is 35.5. The Kier molecular flexibility index (Phi) is 7.86. The van der Waals surface area contributed by atoms with E-state index in [4.69, 9.17) is 11.6 Å². The average Bonchev–Trinajstić information content (AvgIpc) is 3.49. The van der Waals surface area contributed by atoms with Gasteiger partial charge in [-0.25, -0.2) is 18.6 Å². The summed E-state index contributed by atoms with van der Waals surface area (Å²) in [6.45, 7) is 1.86. The molecule has 256 valence electrons. The van der Waals surface area contributed by atoms with Crippen LogP contribution in [0.4, 0.5) is 32.4 Å². The molecule has 2 saturated heterocycles. The van der Waals surface area contributed by atoms with Gasteiger partial charge >= 0.3 is 12.2 Å². The molecule has 0 spiro atoms. The molecular weight excluding hydrogens is 669 g/mol. The van der Waals surface area contributed by atoms with Crippen LogP contribution in [0.25, 0.3) is 0 Å². The van der Waals surface area contributed by atoms with Gasteiger partial charge in [-0.3, -0.25) is 14.3 Å². The van der Waals surface area contributed by atoms with Gasteiger partial charge in [0.05, 0.1) is 22.7 Å². The normalized spacial score (nSPS) is 27.0. The molecule has 13 nitrogen and oxygen atoms in total. The van der Waals surface area contributed by atoms with Crippen molar-refractivity contribution in [3.05, 3.63) is 64.0 Å². The van der Waals surface area contributed by atoms with Gasteiger partial charge in [0, 0.05) is 86.2 Å². The Labute approximate surface area is 273 Å². The lowest BCUT2D eigenvalue weighted by atomic mass is 10.1. The molecule has 0 bridgehead atoms. The van der Waals surface area contributed by atoms with Crippen LogP contribution in [0.5, 0.6) is 0 Å². The first-order valence-electron chi connectivity index (χ1n) is 15.1. The van der Waals surface area contributed by atoms with E-state index < -0.39 is 48.2 Å². The summed E-state index contributed by atoms with van der Waals surface area (Å²) in [4.78, 5) is 46.5. The van der Waals surface area contributed by atoms with Crippen LogP contribution in [-0.2, 0) is 12.6 Å². The van der Waals surface area contributed by atoms with Crippen LogP contribution < -0.4 is 21.3 Å². The summed E-state index contributed by atoms with van der Waals surface area (Å²) in [5.41, 5.74) is -1.13. The second kappa shape index (κ2) is 11.7. The molecule has 19 heteroatoms. The molecule has 4 amide bonds. The summed E-state index contributed by atoms with van der Waals surface area (Å²) >= 11 is 6.36. The molecule has 4 aliphatic rings. The number of halogens is 6. The molecule has 4 heterocycles. The second-order valence-corrected chi connectivity index (χ2v) is 13.0. The van der Waals surface area contributed by atoms with Gasteiger partial charge in [0.25, 0.3) is 17.7 Å². The SMILES string of the molecule is O=C(Nc1ccc(C(=O)NC2[C@H]3CN(C(=O)N[C@H]4CNC[C@@H]4O)C[C@@H]23)c(Cl)c1)c1ncc(Cc2cn([C@H]3CC3(F)F)nc2C(F)(F)F)[nH]1. The van der Waals surface area contributed by atoms with Crippen molar-refractivity contribution >= 4 is 35.1 Å². The maximum Gasteiger partial charge on any atom is 0.435 e. The zero-order valence-electron chi connectivity index (χ0n) is 24.8. The van der Waals surface area contributed by atoms with E-state index in [0.29, 0.717) is 30.9 Å². The van der Waals surface area contributed by atoms with Gasteiger partial charge < -0.3 is 36.3 Å². The number of benzene rings is 1. The highest BCUT2D eigenvalue weighted by Crippen LogP contribution is 2.52. The Morgan fingerprint density at radius 3 is 2.46 bits per heavy atom. The number of hydrogen-bond donors (Lipinski definition) is 6. The summed E-state index contributed by atoms with van der Waals surface area (Å²) in [5.74, 6) is -4.30. The summed E-state index contributed by atoms with van der Waals surface area (Å²) in [5, 5.41) is 24.6. The second-order valence-electron chi connectivity index (χ2n) is 12.6. The molecule has 2 saturated carbocycles. The number of imidazole rings is 1. The molecule has 0 radical (unpaired) electrons. The molecule has 2 aliphatic heterocycles. The number of rotatable bonds is 8. The molecule has 6 N–H and O–H groups in total. The van der Waals surface area contributed by atoms with Crippen molar-refractivity contribution < 1.29 is 41.4 Å². The van der Waals surface area contributed by atoms with Crippen molar-refractivity contribution in [1.29, 1.82) is 0 Å². The third kappa shape index (κ3) is 6.30. The minimum absolute atomic E-state index is 0.0545. The number of likely N-dealkylation sites (tertiary alicyclic amines) is 1. The number of carbonyl (C=O) groups excluding carboxylic acids is 3.